The van der Waals surface area contributed by atoms with Crippen molar-refractivity contribution < 1.29 is 13.6 Å². The Kier molecular flexibility index (Phi) is 6.01. The number of rotatable bonds is 5. The summed E-state index contributed by atoms with van der Waals surface area (Å²) in [6.45, 7) is 4.16. The monoisotopic (exact) mass is 497 g/mol. The molecule has 0 saturated heterocycles. The van der Waals surface area contributed by atoms with Crippen LogP contribution in [0.5, 0.6) is 0 Å². The Morgan fingerprint density at radius 2 is 1.97 bits per heavy atom. The number of hydrogen-bond donors (Lipinski definition) is 0. The lowest BCUT2D eigenvalue weighted by Crippen LogP contribution is -2.32. The molecule has 1 amide bonds. The van der Waals surface area contributed by atoms with E-state index in [0.717, 1.165) is 69.1 Å². The molecule has 1 aliphatic carbocycles. The molecule has 36 heavy (non-hydrogen) atoms. The first kappa shape index (κ1) is 22.9. The molecule has 2 aliphatic rings. The largest absolute Gasteiger partial charge is 0.467 e. The fraction of sp³-hybridized carbons (Fsp3) is 0.276. The second-order valence-corrected chi connectivity index (χ2v) is 10.4. The van der Waals surface area contributed by atoms with Crippen molar-refractivity contribution in [2.45, 2.75) is 44.2 Å². The van der Waals surface area contributed by atoms with Gasteiger partial charge >= 0.3 is 0 Å². The fourth-order valence-corrected chi connectivity index (χ4v) is 6.12. The number of hydrogen-bond acceptors (Lipinski definition) is 6. The third-order valence-corrected chi connectivity index (χ3v) is 7.92. The minimum atomic E-state index is -0.239. The van der Waals surface area contributed by atoms with E-state index in [2.05, 4.69) is 44.2 Å². The van der Waals surface area contributed by atoms with E-state index in [4.69, 9.17) is 18.9 Å². The molecule has 6 nitrogen and oxygen atoms in total. The molecule has 0 N–H and O–H groups in total. The molecule has 1 saturated carbocycles. The van der Waals surface area contributed by atoms with Gasteiger partial charge in [-0.2, -0.15) is 5.10 Å². The lowest BCUT2D eigenvalue weighted by atomic mass is 9.79. The highest BCUT2D eigenvalue weighted by atomic mass is 32.2. The van der Waals surface area contributed by atoms with E-state index in [1.165, 1.54) is 11.8 Å². The number of nitrogens with zero attached hydrogens (tertiary/aromatic N) is 3. The number of aromatic nitrogens is 1. The maximum Gasteiger partial charge on any atom is 0.253 e. The van der Waals surface area contributed by atoms with Gasteiger partial charge in [-0.1, -0.05) is 30.0 Å². The SMILES string of the molecule is Cc1cc(SCC(=O)N2N=C3/C(=C\c4ccco4)CCC[C@H]3[C@H]2c2ccco2)nc2c(C)cccc12. The van der Waals surface area contributed by atoms with Crippen molar-refractivity contribution in [1.29, 1.82) is 0 Å². The number of hydrazone groups is 1. The van der Waals surface area contributed by atoms with Crippen molar-refractivity contribution in [1.82, 2.24) is 9.99 Å². The molecule has 0 unspecified atom stereocenters. The van der Waals surface area contributed by atoms with Crippen LogP contribution >= 0.6 is 11.8 Å². The molecule has 7 heteroatoms. The number of aryl methyl sites for hydroxylation is 2. The number of furan rings is 2. The minimum Gasteiger partial charge on any atom is -0.467 e. The van der Waals surface area contributed by atoms with Crippen molar-refractivity contribution >= 4 is 40.4 Å². The Morgan fingerprint density at radius 1 is 1.11 bits per heavy atom. The first-order valence-corrected chi connectivity index (χ1v) is 13.3. The van der Waals surface area contributed by atoms with Gasteiger partial charge in [-0.3, -0.25) is 4.79 Å². The van der Waals surface area contributed by atoms with Crippen LogP contribution in [0.4, 0.5) is 0 Å². The molecule has 4 aromatic rings. The van der Waals surface area contributed by atoms with E-state index in [9.17, 15) is 4.79 Å². The summed E-state index contributed by atoms with van der Waals surface area (Å²) >= 11 is 1.46. The predicted octanol–water partition coefficient (Wildman–Crippen LogP) is 6.95. The molecule has 3 aromatic heterocycles. The molecule has 2 atom stereocenters. The number of fused-ring (bicyclic) bond motifs is 2. The Hall–Kier alpha value is -3.58. The van der Waals surface area contributed by atoms with Gasteiger partial charge in [-0.25, -0.2) is 9.99 Å². The van der Waals surface area contributed by atoms with Crippen molar-refractivity contribution in [2.75, 3.05) is 5.75 Å². The summed E-state index contributed by atoms with van der Waals surface area (Å²) in [7, 11) is 0. The highest BCUT2D eigenvalue weighted by Gasteiger charge is 2.45. The average Bonchev–Trinajstić information content (AvgIpc) is 3.64. The zero-order valence-corrected chi connectivity index (χ0v) is 21.1. The Bertz CT molecular complexity index is 1470. The van der Waals surface area contributed by atoms with Crippen LogP contribution < -0.4 is 0 Å². The molecule has 1 aromatic carbocycles. The number of allylic oxidation sites excluding steroid dienone is 1. The Morgan fingerprint density at radius 3 is 2.78 bits per heavy atom. The highest BCUT2D eigenvalue weighted by Crippen LogP contribution is 2.44. The van der Waals surface area contributed by atoms with Crippen molar-refractivity contribution in [3.8, 4) is 0 Å². The zero-order chi connectivity index (χ0) is 24.6. The molecule has 6 rings (SSSR count). The van der Waals surface area contributed by atoms with Gasteiger partial charge in [0.25, 0.3) is 5.91 Å². The molecular weight excluding hydrogens is 470 g/mol. The quantitative estimate of drug-likeness (QED) is 0.279. The lowest BCUT2D eigenvalue weighted by molar-refractivity contribution is -0.131. The summed E-state index contributed by atoms with van der Waals surface area (Å²) < 4.78 is 11.4. The van der Waals surface area contributed by atoms with Crippen molar-refractivity contribution in [3.05, 3.63) is 89.3 Å². The zero-order valence-electron chi connectivity index (χ0n) is 20.3. The van der Waals surface area contributed by atoms with E-state index < -0.39 is 0 Å². The van der Waals surface area contributed by atoms with Crippen LogP contribution in [0.25, 0.3) is 17.0 Å². The van der Waals surface area contributed by atoms with Crippen LogP contribution in [0.1, 0.15) is 48.0 Å². The van der Waals surface area contributed by atoms with Gasteiger partial charge in [-0.15, -0.1) is 0 Å². The van der Waals surface area contributed by atoms with E-state index in [1.807, 2.05) is 24.3 Å². The molecule has 0 bridgehead atoms. The number of benzene rings is 1. The van der Waals surface area contributed by atoms with Gasteiger partial charge in [0.1, 0.15) is 17.6 Å². The molecule has 182 valence electrons. The van der Waals surface area contributed by atoms with Gasteiger partial charge in [-0.05, 0) is 86.2 Å². The number of pyridine rings is 1. The second-order valence-electron chi connectivity index (χ2n) is 9.40. The lowest BCUT2D eigenvalue weighted by Gasteiger charge is -2.27. The highest BCUT2D eigenvalue weighted by molar-refractivity contribution is 7.99. The van der Waals surface area contributed by atoms with E-state index in [0.29, 0.717) is 0 Å². The van der Waals surface area contributed by atoms with Crippen LogP contribution in [0, 0.1) is 19.8 Å². The summed E-state index contributed by atoms with van der Waals surface area (Å²) in [5.41, 5.74) is 5.37. The predicted molar refractivity (Wildman–Crippen MR) is 142 cm³/mol. The van der Waals surface area contributed by atoms with Crippen LogP contribution in [0.2, 0.25) is 0 Å². The first-order chi connectivity index (χ1) is 17.6. The average molecular weight is 498 g/mol. The number of para-hydroxylation sites is 1. The first-order valence-electron chi connectivity index (χ1n) is 12.3. The van der Waals surface area contributed by atoms with Gasteiger partial charge in [0.2, 0.25) is 0 Å². The van der Waals surface area contributed by atoms with Crippen LogP contribution in [0.15, 0.2) is 85.6 Å². The number of carbonyl (C=O) groups is 1. The van der Waals surface area contributed by atoms with E-state index >= 15 is 0 Å². The van der Waals surface area contributed by atoms with E-state index in [-0.39, 0.29) is 23.6 Å². The smallest absolute Gasteiger partial charge is 0.253 e. The summed E-state index contributed by atoms with van der Waals surface area (Å²) in [6, 6.07) is 15.7. The van der Waals surface area contributed by atoms with Crippen LogP contribution in [-0.4, -0.2) is 27.4 Å². The molecule has 1 fully saturated rings. The summed E-state index contributed by atoms with van der Waals surface area (Å²) in [6.07, 6.45) is 8.29. The maximum atomic E-state index is 13.6. The van der Waals surface area contributed by atoms with Crippen molar-refractivity contribution in [3.63, 3.8) is 0 Å². The second kappa shape index (κ2) is 9.47. The molecular formula is C29H27N3O3S. The van der Waals surface area contributed by atoms with Crippen LogP contribution in [0.3, 0.4) is 0 Å². The topological polar surface area (TPSA) is 71.8 Å². The van der Waals surface area contributed by atoms with Gasteiger partial charge in [0.15, 0.2) is 0 Å². The maximum absolute atomic E-state index is 13.6. The minimum absolute atomic E-state index is 0.0509. The number of carbonyl (C=O) groups excluding carboxylic acids is 1. The third kappa shape index (κ3) is 4.17. The molecule has 4 heterocycles. The Labute approximate surface area is 214 Å². The normalized spacial score (nSPS) is 20.7. The molecule has 0 radical (unpaired) electrons. The number of amides is 1. The fourth-order valence-electron chi connectivity index (χ4n) is 5.30. The summed E-state index contributed by atoms with van der Waals surface area (Å²) in [5, 5.41) is 8.54. The van der Waals surface area contributed by atoms with E-state index in [1.54, 1.807) is 17.5 Å². The van der Waals surface area contributed by atoms with Gasteiger partial charge < -0.3 is 8.83 Å². The Balaban J connectivity index is 1.29. The van der Waals surface area contributed by atoms with Crippen LogP contribution in [-0.2, 0) is 4.79 Å². The van der Waals surface area contributed by atoms with Gasteiger partial charge in [0.05, 0.1) is 34.5 Å². The standard InChI is InChI=1S/C29H27N3O3S/c1-18-7-3-10-22-19(2)15-25(30-27(18)22)36-17-26(33)32-29(24-12-6-14-35-24)23-11-4-8-20(28(23)31-32)16-21-9-5-13-34-21/h3,5-7,9-10,12-16,23,29H,4,8,11,17H2,1-2H3/b20-16-/t23-,29+/m1/s1. The summed E-state index contributed by atoms with van der Waals surface area (Å²) in [5.74, 6) is 1.87. The summed E-state index contributed by atoms with van der Waals surface area (Å²) in [4.78, 5) is 18.4. The molecule has 1 aliphatic heterocycles. The van der Waals surface area contributed by atoms with Gasteiger partial charge in [0, 0.05) is 11.3 Å². The van der Waals surface area contributed by atoms with Crippen molar-refractivity contribution in [2.24, 2.45) is 11.0 Å². The number of thioether (sulfide) groups is 1. The third-order valence-electron chi connectivity index (χ3n) is 7.02. The molecule has 0 spiro atoms.